The molecule has 0 spiro atoms. The van der Waals surface area contributed by atoms with Gasteiger partial charge < -0.3 is 5.21 Å². The van der Waals surface area contributed by atoms with E-state index < -0.39 is 19.9 Å². The minimum Gasteiger partial charge on any atom is -0.621 e. The molecule has 104 valence electrons. The number of nitro groups is 1. The summed E-state index contributed by atoms with van der Waals surface area (Å²) in [5.74, 6) is 0. The van der Waals surface area contributed by atoms with Gasteiger partial charge in [0, 0.05) is 12.1 Å². The van der Waals surface area contributed by atoms with Gasteiger partial charge in [-0.05, 0) is 18.2 Å². The summed E-state index contributed by atoms with van der Waals surface area (Å²) < 4.78 is 20.9. The molecule has 1 aliphatic rings. The van der Waals surface area contributed by atoms with E-state index in [1.54, 1.807) is 6.07 Å². The maximum Gasteiger partial charge on any atom is 0.278 e. The van der Waals surface area contributed by atoms with E-state index in [2.05, 4.69) is 0 Å². The van der Waals surface area contributed by atoms with Crippen molar-refractivity contribution in [2.75, 3.05) is 0 Å². The van der Waals surface area contributed by atoms with Crippen LogP contribution in [0.3, 0.4) is 0 Å². The van der Waals surface area contributed by atoms with Crippen molar-refractivity contribution in [1.82, 2.24) is 0 Å². The molecule has 0 amide bonds. The first kappa shape index (κ1) is 14.1. The van der Waals surface area contributed by atoms with Gasteiger partial charge in [0.25, 0.3) is 21.0 Å². The van der Waals surface area contributed by atoms with E-state index in [9.17, 15) is 23.7 Å². The number of nitro benzene ring substituents is 1. The van der Waals surface area contributed by atoms with Gasteiger partial charge in [-0.15, -0.1) is 0 Å². The first-order valence-corrected chi connectivity index (χ1v) is 6.65. The average Bonchev–Trinajstić information content (AvgIpc) is 2.38. The number of allylic oxidation sites excluding steroid dienone is 2. The monoisotopic (exact) mass is 294 g/mol. The van der Waals surface area contributed by atoms with Crippen LogP contribution in [-0.4, -0.2) is 23.0 Å². The largest absolute Gasteiger partial charge is 0.621 e. The quantitative estimate of drug-likeness (QED) is 0.276. The molecule has 1 atom stereocenters. The number of quaternary nitrogens is 1. The Hall–Kier alpha value is -2.29. The van der Waals surface area contributed by atoms with Crippen molar-refractivity contribution in [3.63, 3.8) is 0 Å². The summed E-state index contributed by atoms with van der Waals surface area (Å²) in [6.07, 6.45) is 5.17. The van der Waals surface area contributed by atoms with Crippen molar-refractivity contribution >= 4 is 21.0 Å². The molecular weight excluding hydrogens is 284 g/mol. The van der Waals surface area contributed by atoms with E-state index >= 15 is 0 Å². The topological polar surface area (TPSA) is 100 Å². The van der Waals surface area contributed by atoms with Crippen LogP contribution in [-0.2, 0) is 16.8 Å². The van der Waals surface area contributed by atoms with Gasteiger partial charge in [0.2, 0.25) is 0 Å². The Bertz CT molecular complexity index is 743. The molecule has 0 radical (unpaired) electrons. The second-order valence-corrected chi connectivity index (χ2v) is 5.00. The zero-order valence-corrected chi connectivity index (χ0v) is 11.0. The van der Waals surface area contributed by atoms with Crippen molar-refractivity contribution in [2.45, 2.75) is 6.54 Å². The van der Waals surface area contributed by atoms with Gasteiger partial charge in [-0.2, -0.15) is 8.42 Å². The van der Waals surface area contributed by atoms with Crippen LogP contribution in [0.1, 0.15) is 5.56 Å². The predicted molar refractivity (Wildman–Crippen MR) is 72.6 cm³/mol. The highest BCUT2D eigenvalue weighted by Crippen LogP contribution is 2.25. The first-order chi connectivity index (χ1) is 9.44. The molecule has 1 heterocycles. The van der Waals surface area contributed by atoms with E-state index in [4.69, 9.17) is 0 Å². The highest BCUT2D eigenvalue weighted by Gasteiger charge is 2.28. The van der Waals surface area contributed by atoms with Crippen LogP contribution in [0.4, 0.5) is 5.69 Å². The highest BCUT2D eigenvalue weighted by atomic mass is 32.2. The summed E-state index contributed by atoms with van der Waals surface area (Å²) in [5, 5.41) is 23.5. The van der Waals surface area contributed by atoms with Gasteiger partial charge in [-0.3, -0.25) is 14.8 Å². The third kappa shape index (κ3) is 2.67. The predicted octanol–water partition coefficient (Wildman–Crippen LogP) is 1.50. The number of hydrogen-bond donors (Lipinski definition) is 0. The minimum atomic E-state index is -2.69. The zero-order chi connectivity index (χ0) is 14.8. The van der Waals surface area contributed by atoms with Gasteiger partial charge in [0.15, 0.2) is 0 Å². The number of para-hydroxylation sites is 1. The highest BCUT2D eigenvalue weighted by molar-refractivity contribution is 7.72. The molecule has 2 rings (SSSR count). The standard InChI is InChI=1S/C12H10N2O5S/c15-13(16)11-6-2-1-5-10(11)9-14(17)8-4-3-7-12(14)20(18)19/h1-8H,9H2. The lowest BCUT2D eigenvalue weighted by atomic mass is 10.1. The normalized spacial score (nSPS) is 20.9. The van der Waals surface area contributed by atoms with E-state index in [-0.39, 0.29) is 22.8 Å². The molecular formula is C12H10N2O5S. The molecule has 0 saturated carbocycles. The van der Waals surface area contributed by atoms with Crippen LogP contribution in [0.2, 0.25) is 0 Å². The van der Waals surface area contributed by atoms with Gasteiger partial charge in [-0.25, -0.2) is 0 Å². The molecule has 1 unspecified atom stereocenters. The van der Waals surface area contributed by atoms with E-state index in [1.807, 2.05) is 0 Å². The fourth-order valence-corrected chi connectivity index (χ4v) is 2.48. The molecule has 1 aromatic rings. The number of benzene rings is 1. The maximum atomic E-state index is 12.6. The third-order valence-electron chi connectivity index (χ3n) is 2.81. The Morgan fingerprint density at radius 1 is 1.20 bits per heavy atom. The molecule has 0 aromatic heterocycles. The molecule has 8 heteroatoms. The molecule has 7 nitrogen and oxygen atoms in total. The summed E-state index contributed by atoms with van der Waals surface area (Å²) in [6.45, 7) is -0.360. The fraction of sp³-hybridized carbons (Fsp3) is 0.0833. The van der Waals surface area contributed by atoms with Crippen molar-refractivity contribution in [3.05, 3.63) is 69.6 Å². The smallest absolute Gasteiger partial charge is 0.278 e. The summed E-state index contributed by atoms with van der Waals surface area (Å²) in [7, 11) is -2.69. The van der Waals surface area contributed by atoms with E-state index in [0.717, 1.165) is 6.20 Å². The first-order valence-electron chi connectivity index (χ1n) is 5.58. The lowest BCUT2D eigenvalue weighted by molar-refractivity contribution is -0.745. The van der Waals surface area contributed by atoms with Gasteiger partial charge in [0.1, 0.15) is 12.7 Å². The molecule has 0 N–H and O–H groups in total. The van der Waals surface area contributed by atoms with Crippen LogP contribution in [0.25, 0.3) is 0 Å². The summed E-state index contributed by atoms with van der Waals surface area (Å²) in [6, 6.07) is 5.76. The van der Waals surface area contributed by atoms with E-state index in [1.165, 1.54) is 36.4 Å². The summed E-state index contributed by atoms with van der Waals surface area (Å²) in [5.41, 5.74) is -0.0322. The van der Waals surface area contributed by atoms with Crippen molar-refractivity contribution < 1.29 is 18.0 Å². The molecule has 0 aliphatic carbocycles. The van der Waals surface area contributed by atoms with Crippen molar-refractivity contribution in [2.24, 2.45) is 0 Å². The Morgan fingerprint density at radius 2 is 1.90 bits per heavy atom. The fourth-order valence-electron chi connectivity index (χ4n) is 1.91. The number of hydrogen-bond acceptors (Lipinski definition) is 5. The van der Waals surface area contributed by atoms with Crippen LogP contribution < -0.4 is 0 Å². The minimum absolute atomic E-state index is 0.176. The van der Waals surface area contributed by atoms with Crippen LogP contribution in [0.15, 0.2) is 48.7 Å². The van der Waals surface area contributed by atoms with Crippen LogP contribution >= 0.6 is 0 Å². The molecule has 1 aromatic carbocycles. The van der Waals surface area contributed by atoms with Gasteiger partial charge >= 0.3 is 0 Å². The van der Waals surface area contributed by atoms with Gasteiger partial charge in [-0.1, -0.05) is 12.1 Å². The lowest BCUT2D eigenvalue weighted by Gasteiger charge is -2.37. The molecule has 1 aliphatic heterocycles. The Morgan fingerprint density at radius 3 is 2.55 bits per heavy atom. The van der Waals surface area contributed by atoms with E-state index in [0.29, 0.717) is 0 Å². The molecule has 0 bridgehead atoms. The number of hydroxylamine groups is 3. The zero-order valence-electron chi connectivity index (χ0n) is 10.2. The molecule has 20 heavy (non-hydrogen) atoms. The molecule has 0 fully saturated rings. The summed E-state index contributed by atoms with van der Waals surface area (Å²) in [4.78, 5) is 9.94. The SMILES string of the molecule is O=[N+]([O-])c1ccccc1C[N+]1([O-])C=CC=CC1=S(=O)=O. The Labute approximate surface area is 115 Å². The van der Waals surface area contributed by atoms with Crippen LogP contribution in [0.5, 0.6) is 0 Å². The second kappa shape index (κ2) is 5.37. The lowest BCUT2D eigenvalue weighted by Crippen LogP contribution is -2.42. The number of nitrogens with zero attached hydrogens (tertiary/aromatic N) is 2. The third-order valence-corrected chi connectivity index (χ3v) is 3.60. The average molecular weight is 294 g/mol. The summed E-state index contributed by atoms with van der Waals surface area (Å²) >= 11 is 0. The maximum absolute atomic E-state index is 12.6. The van der Waals surface area contributed by atoms with Crippen molar-refractivity contribution in [1.29, 1.82) is 0 Å². The Kier molecular flexibility index (Phi) is 3.79. The second-order valence-electron chi connectivity index (χ2n) is 4.11. The number of rotatable bonds is 3. The molecule has 0 saturated heterocycles. The van der Waals surface area contributed by atoms with Gasteiger partial charge in [0.05, 0.1) is 10.5 Å². The van der Waals surface area contributed by atoms with Crippen LogP contribution in [0, 0.1) is 15.3 Å². The van der Waals surface area contributed by atoms with Crippen molar-refractivity contribution in [3.8, 4) is 0 Å². The Balaban J connectivity index is 2.49.